The van der Waals surface area contributed by atoms with Gasteiger partial charge in [0, 0.05) is 17.7 Å². The first-order valence-corrected chi connectivity index (χ1v) is 10.6. The lowest BCUT2D eigenvalue weighted by molar-refractivity contribution is 0.132. The molecule has 168 valence electrons. The van der Waals surface area contributed by atoms with Gasteiger partial charge in [-0.3, -0.25) is 0 Å². The summed E-state index contributed by atoms with van der Waals surface area (Å²) in [6.45, 7) is 6.04. The number of aliphatic hydroxyl groups excluding tert-OH is 2. The van der Waals surface area contributed by atoms with Crippen LogP contribution in [0.2, 0.25) is 0 Å². The monoisotopic (exact) mass is 436 g/mol. The molecule has 9 heteroatoms. The van der Waals surface area contributed by atoms with Gasteiger partial charge in [-0.25, -0.2) is 0 Å². The van der Waals surface area contributed by atoms with Gasteiger partial charge in [-0.2, -0.15) is 19.6 Å². The molecule has 9 nitrogen and oxygen atoms in total. The van der Waals surface area contributed by atoms with Crippen LogP contribution in [0.5, 0.6) is 0 Å². The van der Waals surface area contributed by atoms with Gasteiger partial charge in [-0.05, 0) is 30.5 Å². The number of furan rings is 1. The van der Waals surface area contributed by atoms with Crippen molar-refractivity contribution in [2.24, 2.45) is 0 Å². The Labute approximate surface area is 186 Å². The van der Waals surface area contributed by atoms with Gasteiger partial charge >= 0.3 is 0 Å². The Morgan fingerprint density at radius 3 is 2.50 bits per heavy atom. The number of benzene rings is 1. The van der Waals surface area contributed by atoms with Gasteiger partial charge < -0.3 is 25.3 Å². The van der Waals surface area contributed by atoms with E-state index in [0.717, 1.165) is 22.5 Å². The molecule has 0 aliphatic heterocycles. The van der Waals surface area contributed by atoms with Crippen LogP contribution in [0.25, 0.3) is 17.0 Å². The van der Waals surface area contributed by atoms with Gasteiger partial charge in [-0.1, -0.05) is 38.1 Å². The first kappa shape index (κ1) is 21.8. The fourth-order valence-electron chi connectivity index (χ4n) is 3.38. The van der Waals surface area contributed by atoms with Gasteiger partial charge in [0.15, 0.2) is 5.65 Å². The van der Waals surface area contributed by atoms with Crippen molar-refractivity contribution in [2.45, 2.75) is 45.4 Å². The van der Waals surface area contributed by atoms with Crippen molar-refractivity contribution in [3.05, 3.63) is 60.0 Å². The number of rotatable bonds is 9. The predicted molar refractivity (Wildman–Crippen MR) is 123 cm³/mol. The minimum absolute atomic E-state index is 0.225. The summed E-state index contributed by atoms with van der Waals surface area (Å²) in [5.74, 6) is 1.88. The highest BCUT2D eigenvalue weighted by Crippen LogP contribution is 2.23. The second-order valence-corrected chi connectivity index (χ2v) is 8.06. The van der Waals surface area contributed by atoms with E-state index in [1.54, 1.807) is 23.9 Å². The minimum Gasteiger partial charge on any atom is -0.464 e. The van der Waals surface area contributed by atoms with Gasteiger partial charge in [0.1, 0.15) is 5.76 Å². The summed E-state index contributed by atoms with van der Waals surface area (Å²) in [5.41, 5.74) is 3.74. The van der Waals surface area contributed by atoms with E-state index in [0.29, 0.717) is 24.1 Å². The number of aromatic nitrogens is 4. The second-order valence-electron chi connectivity index (χ2n) is 8.06. The molecular formula is C23H28N6O3. The maximum absolute atomic E-state index is 9.88. The van der Waals surface area contributed by atoms with E-state index < -0.39 is 12.1 Å². The molecule has 0 fully saturated rings. The van der Waals surface area contributed by atoms with E-state index in [1.807, 2.05) is 36.4 Å². The van der Waals surface area contributed by atoms with Gasteiger partial charge in [0.05, 0.1) is 31.2 Å². The van der Waals surface area contributed by atoms with Gasteiger partial charge in [0.25, 0.3) is 0 Å². The third-order valence-corrected chi connectivity index (χ3v) is 5.32. The Morgan fingerprint density at radius 1 is 1.09 bits per heavy atom. The average molecular weight is 437 g/mol. The Morgan fingerprint density at radius 2 is 1.88 bits per heavy atom. The Kier molecular flexibility index (Phi) is 6.38. The highest BCUT2D eigenvalue weighted by molar-refractivity contribution is 5.58. The predicted octanol–water partition coefficient (Wildman–Crippen LogP) is 3.27. The summed E-state index contributed by atoms with van der Waals surface area (Å²) in [6.07, 6.45) is 2.68. The zero-order valence-electron chi connectivity index (χ0n) is 18.4. The summed E-state index contributed by atoms with van der Waals surface area (Å²) in [6, 6.07) is 11.3. The largest absolute Gasteiger partial charge is 0.464 e. The topological polar surface area (TPSA) is 121 Å². The zero-order chi connectivity index (χ0) is 22.7. The first-order valence-electron chi connectivity index (χ1n) is 10.6. The lowest BCUT2D eigenvalue weighted by Crippen LogP contribution is -2.35. The number of nitrogens with zero attached hydrogens (tertiary/aromatic N) is 4. The molecule has 3 heterocycles. The zero-order valence-corrected chi connectivity index (χ0v) is 18.4. The molecule has 0 radical (unpaired) electrons. The van der Waals surface area contributed by atoms with Crippen molar-refractivity contribution in [2.75, 3.05) is 17.2 Å². The normalized spacial score (nSPS) is 13.4. The highest BCUT2D eigenvalue weighted by atomic mass is 16.3. The molecule has 0 amide bonds. The third kappa shape index (κ3) is 4.58. The van der Waals surface area contributed by atoms with Crippen LogP contribution in [0.15, 0.2) is 53.3 Å². The SMILES string of the molecule is CC(C)c1cnn2c(NCc3ccc(-c4ccco4)cc3)nc(N[C@@H](CO)[C@H](C)O)nc12. The Hall–Kier alpha value is -3.43. The molecule has 0 saturated carbocycles. The van der Waals surface area contributed by atoms with E-state index in [-0.39, 0.29) is 12.5 Å². The van der Waals surface area contributed by atoms with Crippen LogP contribution >= 0.6 is 0 Å². The summed E-state index contributed by atoms with van der Waals surface area (Å²) in [5, 5.41) is 30.3. The summed E-state index contributed by atoms with van der Waals surface area (Å²) in [4.78, 5) is 9.13. The van der Waals surface area contributed by atoms with Crippen molar-refractivity contribution < 1.29 is 14.6 Å². The molecule has 3 aromatic heterocycles. The molecule has 0 spiro atoms. The lowest BCUT2D eigenvalue weighted by Gasteiger charge is -2.19. The molecule has 2 atom stereocenters. The maximum Gasteiger partial charge on any atom is 0.229 e. The van der Waals surface area contributed by atoms with E-state index >= 15 is 0 Å². The molecule has 0 saturated heterocycles. The molecule has 0 aliphatic rings. The van der Waals surface area contributed by atoms with Crippen LogP contribution in [0.1, 0.15) is 37.8 Å². The third-order valence-electron chi connectivity index (χ3n) is 5.32. The van der Waals surface area contributed by atoms with E-state index in [1.165, 1.54) is 0 Å². The fourth-order valence-corrected chi connectivity index (χ4v) is 3.38. The average Bonchev–Trinajstić information content (AvgIpc) is 3.46. The van der Waals surface area contributed by atoms with Crippen molar-refractivity contribution in [1.29, 1.82) is 0 Å². The second kappa shape index (κ2) is 9.37. The van der Waals surface area contributed by atoms with Crippen molar-refractivity contribution in [1.82, 2.24) is 19.6 Å². The number of hydrogen-bond acceptors (Lipinski definition) is 8. The van der Waals surface area contributed by atoms with Crippen LogP contribution < -0.4 is 10.6 Å². The number of nitrogens with one attached hydrogen (secondary N) is 2. The molecule has 0 bridgehead atoms. The summed E-state index contributed by atoms with van der Waals surface area (Å²) in [7, 11) is 0. The maximum atomic E-state index is 9.88. The van der Waals surface area contributed by atoms with Crippen molar-refractivity contribution in [3.8, 4) is 11.3 Å². The first-order chi connectivity index (χ1) is 15.5. The molecule has 0 unspecified atom stereocenters. The minimum atomic E-state index is -0.765. The number of fused-ring (bicyclic) bond motifs is 1. The van der Waals surface area contributed by atoms with Gasteiger partial charge in [-0.15, -0.1) is 0 Å². The number of anilines is 2. The molecule has 32 heavy (non-hydrogen) atoms. The Bertz CT molecular complexity index is 1150. The molecule has 4 rings (SSSR count). The molecular weight excluding hydrogens is 408 g/mol. The molecule has 0 aliphatic carbocycles. The fraction of sp³-hybridized carbons (Fsp3) is 0.348. The summed E-state index contributed by atoms with van der Waals surface area (Å²) >= 11 is 0. The highest BCUT2D eigenvalue weighted by Gasteiger charge is 2.19. The standard InChI is InChI=1S/C23H28N6O3/c1-14(2)18-12-25-29-21(18)27-22(26-19(13-30)15(3)31)28-23(29)24-11-16-6-8-17(9-7-16)20-5-4-10-32-20/h4-10,12,14-15,19,30-31H,11,13H2,1-3H3,(H2,24,26,27,28)/t15-,19-/m0/s1. The van der Waals surface area contributed by atoms with Crippen LogP contribution in [-0.2, 0) is 6.54 Å². The van der Waals surface area contributed by atoms with E-state index in [9.17, 15) is 10.2 Å². The number of hydrogen-bond donors (Lipinski definition) is 4. The van der Waals surface area contributed by atoms with Crippen molar-refractivity contribution >= 4 is 17.5 Å². The van der Waals surface area contributed by atoms with Crippen LogP contribution in [0.3, 0.4) is 0 Å². The molecule has 4 aromatic rings. The number of aliphatic hydroxyl groups is 2. The molecule has 1 aromatic carbocycles. The summed E-state index contributed by atoms with van der Waals surface area (Å²) < 4.78 is 7.12. The van der Waals surface area contributed by atoms with Crippen molar-refractivity contribution in [3.63, 3.8) is 0 Å². The smallest absolute Gasteiger partial charge is 0.229 e. The quantitative estimate of drug-likeness (QED) is 0.315. The van der Waals surface area contributed by atoms with Crippen LogP contribution in [0.4, 0.5) is 11.9 Å². The molecule has 4 N–H and O–H groups in total. The van der Waals surface area contributed by atoms with E-state index in [2.05, 4.69) is 39.5 Å². The Balaban J connectivity index is 1.60. The van der Waals surface area contributed by atoms with Crippen LogP contribution in [-0.4, -0.2) is 48.5 Å². The lowest BCUT2D eigenvalue weighted by atomic mass is 10.1. The van der Waals surface area contributed by atoms with Crippen LogP contribution in [0, 0.1) is 0 Å². The van der Waals surface area contributed by atoms with E-state index in [4.69, 9.17) is 4.42 Å². The van der Waals surface area contributed by atoms with Gasteiger partial charge in [0.2, 0.25) is 11.9 Å².